The third-order valence-electron chi connectivity index (χ3n) is 0. The van der Waals surface area contributed by atoms with E-state index in [-0.39, 0.29) is 34.9 Å². The molecule has 0 aliphatic carbocycles. The fourth-order valence-electron chi connectivity index (χ4n) is 0. The standard InChI is InChI=1S/C3H6Cl.Na/c1-3(2)4;/h3H,1H2,2H3;/q-1;+1. The summed E-state index contributed by atoms with van der Waals surface area (Å²) in [6, 6.07) is 0. The van der Waals surface area contributed by atoms with Crippen LogP contribution in [-0.4, -0.2) is 5.38 Å². The zero-order chi connectivity index (χ0) is 3.58. The number of hydrogen-bond acceptors (Lipinski definition) is 0. The molecule has 1 atom stereocenters. The molecule has 2 heteroatoms. The van der Waals surface area contributed by atoms with E-state index < -0.39 is 0 Å². The van der Waals surface area contributed by atoms with Crippen LogP contribution in [0.15, 0.2) is 0 Å². The molecule has 0 aliphatic heterocycles. The molecule has 0 aliphatic rings. The predicted molar refractivity (Wildman–Crippen MR) is 20.7 cm³/mol. The number of hydrogen-bond donors (Lipinski definition) is 0. The summed E-state index contributed by atoms with van der Waals surface area (Å²) in [6.45, 7) is 5.23. The molecular formula is C3H6ClNa. The van der Waals surface area contributed by atoms with Crippen LogP contribution in [-0.2, 0) is 0 Å². The van der Waals surface area contributed by atoms with E-state index in [0.29, 0.717) is 0 Å². The van der Waals surface area contributed by atoms with Crippen LogP contribution >= 0.6 is 11.6 Å². The van der Waals surface area contributed by atoms with Crippen LogP contribution in [0, 0.1) is 6.92 Å². The first kappa shape index (κ1) is 9.56. The Balaban J connectivity index is 0. The van der Waals surface area contributed by atoms with Gasteiger partial charge in [0.25, 0.3) is 0 Å². The number of halogens is 1. The van der Waals surface area contributed by atoms with Crippen molar-refractivity contribution in [3.8, 4) is 0 Å². The first-order valence-electron chi connectivity index (χ1n) is 1.20. The van der Waals surface area contributed by atoms with Crippen molar-refractivity contribution in [2.45, 2.75) is 12.3 Å². The third kappa shape index (κ3) is 34.4. The number of alkyl halides is 1. The van der Waals surface area contributed by atoms with Gasteiger partial charge in [-0.05, 0) is 0 Å². The topological polar surface area (TPSA) is 0 Å². The maximum absolute atomic E-state index is 5.16. The Kier molecular flexibility index (Phi) is 10.1. The fraction of sp³-hybridized carbons (Fsp3) is 0.667. The Labute approximate surface area is 60.2 Å². The molecule has 0 saturated heterocycles. The van der Waals surface area contributed by atoms with Crippen molar-refractivity contribution in [3.05, 3.63) is 6.92 Å². The molecule has 5 heavy (non-hydrogen) atoms. The molecule has 0 fully saturated rings. The summed E-state index contributed by atoms with van der Waals surface area (Å²) in [6.07, 6.45) is 0. The van der Waals surface area contributed by atoms with Gasteiger partial charge in [0.1, 0.15) is 0 Å². The smallest absolute Gasteiger partial charge is 0.326 e. The molecule has 26 valence electrons. The summed E-state index contributed by atoms with van der Waals surface area (Å²) < 4.78 is 0. The van der Waals surface area contributed by atoms with Crippen LogP contribution in [0.5, 0.6) is 0 Å². The molecule has 0 bridgehead atoms. The van der Waals surface area contributed by atoms with Gasteiger partial charge in [-0.15, -0.1) is 0 Å². The summed E-state index contributed by atoms with van der Waals surface area (Å²) in [5.41, 5.74) is 0. The van der Waals surface area contributed by atoms with E-state index in [4.69, 9.17) is 11.6 Å². The molecule has 0 amide bonds. The molecule has 0 heterocycles. The van der Waals surface area contributed by atoms with Crippen molar-refractivity contribution in [1.82, 2.24) is 0 Å². The maximum atomic E-state index is 5.16. The Morgan fingerprint density at radius 1 is 1.80 bits per heavy atom. The van der Waals surface area contributed by atoms with Crippen LogP contribution < -0.4 is 29.6 Å². The van der Waals surface area contributed by atoms with E-state index in [9.17, 15) is 0 Å². The fourth-order valence-corrected chi connectivity index (χ4v) is 0. The molecule has 0 saturated carbocycles. The van der Waals surface area contributed by atoms with Crippen molar-refractivity contribution in [2.75, 3.05) is 0 Å². The van der Waals surface area contributed by atoms with Gasteiger partial charge in [-0.1, -0.05) is 12.3 Å². The third-order valence-corrected chi connectivity index (χ3v) is 0. The molecule has 0 N–H and O–H groups in total. The van der Waals surface area contributed by atoms with Gasteiger partial charge in [-0.2, -0.15) is 11.6 Å². The second kappa shape index (κ2) is 5.29. The molecule has 0 radical (unpaired) electrons. The monoisotopic (exact) mass is 100 g/mol. The first-order valence-corrected chi connectivity index (χ1v) is 1.64. The quantitative estimate of drug-likeness (QED) is 0.197. The van der Waals surface area contributed by atoms with Gasteiger partial charge >= 0.3 is 29.6 Å². The van der Waals surface area contributed by atoms with Crippen LogP contribution in [0.3, 0.4) is 0 Å². The van der Waals surface area contributed by atoms with E-state index in [0.717, 1.165) is 0 Å². The van der Waals surface area contributed by atoms with Crippen LogP contribution in [0.4, 0.5) is 0 Å². The summed E-state index contributed by atoms with van der Waals surface area (Å²) in [5, 5.41) is 0.0556. The normalized spacial score (nSPS) is 12.6. The van der Waals surface area contributed by atoms with Crippen LogP contribution in [0.25, 0.3) is 0 Å². The predicted octanol–water partition coefficient (Wildman–Crippen LogP) is -1.55. The second-order valence-corrected chi connectivity index (χ2v) is 1.53. The van der Waals surface area contributed by atoms with Crippen LogP contribution in [0.1, 0.15) is 6.92 Å². The summed E-state index contributed by atoms with van der Waals surface area (Å²) >= 11 is 5.16. The van der Waals surface area contributed by atoms with Crippen molar-refractivity contribution < 1.29 is 29.6 Å². The van der Waals surface area contributed by atoms with Gasteiger partial charge in [-0.25, -0.2) is 0 Å². The van der Waals surface area contributed by atoms with Gasteiger partial charge in [-0.3, -0.25) is 0 Å². The van der Waals surface area contributed by atoms with Gasteiger partial charge < -0.3 is 6.92 Å². The largest absolute Gasteiger partial charge is 1.00 e. The Morgan fingerprint density at radius 2 is 1.80 bits per heavy atom. The van der Waals surface area contributed by atoms with Crippen molar-refractivity contribution in [3.63, 3.8) is 0 Å². The van der Waals surface area contributed by atoms with Gasteiger partial charge in [0.2, 0.25) is 0 Å². The Morgan fingerprint density at radius 3 is 1.80 bits per heavy atom. The minimum Gasteiger partial charge on any atom is -0.326 e. The summed E-state index contributed by atoms with van der Waals surface area (Å²) in [7, 11) is 0. The van der Waals surface area contributed by atoms with Gasteiger partial charge in [0.15, 0.2) is 0 Å². The van der Waals surface area contributed by atoms with Crippen molar-refractivity contribution in [1.29, 1.82) is 0 Å². The maximum Gasteiger partial charge on any atom is 1.00 e. The van der Waals surface area contributed by atoms with E-state index in [2.05, 4.69) is 6.92 Å². The summed E-state index contributed by atoms with van der Waals surface area (Å²) in [5.74, 6) is 0. The van der Waals surface area contributed by atoms with E-state index in [1.165, 1.54) is 0 Å². The zero-order valence-corrected chi connectivity index (χ0v) is 6.42. The first-order chi connectivity index (χ1) is 1.73. The molecule has 0 aromatic heterocycles. The van der Waals surface area contributed by atoms with Crippen LogP contribution in [0.2, 0.25) is 0 Å². The van der Waals surface area contributed by atoms with Crippen molar-refractivity contribution >= 4 is 11.6 Å². The molecule has 0 aromatic carbocycles. The SMILES string of the molecule is [CH2-]C(C)Cl.[Na+]. The Bertz CT molecular complexity index is 11.6. The minimum absolute atomic E-state index is 0. The molecule has 0 rings (SSSR count). The van der Waals surface area contributed by atoms with Gasteiger partial charge in [0, 0.05) is 0 Å². The summed E-state index contributed by atoms with van der Waals surface area (Å²) in [4.78, 5) is 0. The van der Waals surface area contributed by atoms with E-state index in [1.54, 1.807) is 0 Å². The molecule has 0 spiro atoms. The Hall–Kier alpha value is 1.29. The van der Waals surface area contributed by atoms with Gasteiger partial charge in [0.05, 0.1) is 0 Å². The molecule has 1 unspecified atom stereocenters. The van der Waals surface area contributed by atoms with E-state index >= 15 is 0 Å². The average molecular weight is 101 g/mol. The molecule has 0 aromatic rings. The molecule has 0 nitrogen and oxygen atoms in total. The average Bonchev–Trinajstić information content (AvgIpc) is 0.811. The zero-order valence-electron chi connectivity index (χ0n) is 3.66. The number of rotatable bonds is 0. The molecular weight excluding hydrogens is 94.5 g/mol. The second-order valence-electron chi connectivity index (χ2n) is 0.781. The van der Waals surface area contributed by atoms with E-state index in [1.807, 2.05) is 6.92 Å². The minimum atomic E-state index is 0. The van der Waals surface area contributed by atoms with Crippen molar-refractivity contribution in [2.24, 2.45) is 0 Å².